The largest absolute Gasteiger partial charge is 1.00 e. The minimum absolute atomic E-state index is 0. The van der Waals surface area contributed by atoms with Gasteiger partial charge < -0.3 is 9.47 Å². The van der Waals surface area contributed by atoms with Crippen LogP contribution < -0.4 is 0 Å². The number of carbonyl (C=O) groups excluding carboxylic acids is 3. The maximum Gasteiger partial charge on any atom is 1.00 e. The number of hydrogen-bond donors (Lipinski definition) is 0. The van der Waals surface area contributed by atoms with Crippen LogP contribution in [0.5, 0.6) is 0 Å². The van der Waals surface area contributed by atoms with Crippen LogP contribution in [-0.4, -0.2) is 24.5 Å². The third-order valence-electron chi connectivity index (χ3n) is 1.36. The quantitative estimate of drug-likeness (QED) is 0.390. The van der Waals surface area contributed by atoms with Gasteiger partial charge in [-0.05, 0) is 13.8 Å². The van der Waals surface area contributed by atoms with E-state index in [9.17, 15) is 14.4 Å². The fourth-order valence-electron chi connectivity index (χ4n) is 0.771. The highest BCUT2D eigenvalue weighted by molar-refractivity contribution is 5.92. The van der Waals surface area contributed by atoms with Gasteiger partial charge >= 0.3 is 19.3 Å². The van der Waals surface area contributed by atoms with E-state index >= 15 is 0 Å². The summed E-state index contributed by atoms with van der Waals surface area (Å²) in [6.45, 7) is 3.57. The molecule has 5 nitrogen and oxygen atoms in total. The number of rotatable bonds is 5. The van der Waals surface area contributed by atoms with Crippen molar-refractivity contribution in [1.82, 2.24) is 0 Å². The molecule has 0 aliphatic carbocycles. The standard InChI is InChI=1S/C10H14O5/c1-3-5-9(12)15-10(13)7-6-8(11)14-4-2/h3,5H,4,6-7H2,1-2H3/p+1. The van der Waals surface area contributed by atoms with E-state index in [-0.39, 0.29) is 20.9 Å². The Kier molecular flexibility index (Phi) is 6.88. The van der Waals surface area contributed by atoms with Gasteiger partial charge in [0.2, 0.25) is 0 Å². The van der Waals surface area contributed by atoms with Gasteiger partial charge in [0.25, 0.3) is 0 Å². The predicted molar refractivity (Wildman–Crippen MR) is 52.9 cm³/mol. The molecule has 0 fully saturated rings. The van der Waals surface area contributed by atoms with Gasteiger partial charge in [0.05, 0.1) is 19.4 Å². The number of allylic oxidation sites excluding steroid dienone is 1. The number of hydrogen-bond acceptors (Lipinski definition) is 5. The van der Waals surface area contributed by atoms with E-state index in [1.807, 2.05) is 0 Å². The van der Waals surface area contributed by atoms with Crippen molar-refractivity contribution < 1.29 is 25.3 Å². The molecule has 0 aliphatic rings. The Morgan fingerprint density at radius 2 is 1.80 bits per heavy atom. The molecule has 0 radical (unpaired) electrons. The monoisotopic (exact) mass is 215 g/mol. The van der Waals surface area contributed by atoms with E-state index in [1.165, 1.54) is 6.08 Å². The molecule has 0 aromatic carbocycles. The van der Waals surface area contributed by atoms with Gasteiger partial charge in [0.1, 0.15) is 0 Å². The molecule has 0 bridgehead atoms. The first kappa shape index (κ1) is 13.4. The summed E-state index contributed by atoms with van der Waals surface area (Å²) in [6.07, 6.45) is 2.36. The van der Waals surface area contributed by atoms with Crippen LogP contribution in [0, 0.1) is 0 Å². The fraction of sp³-hybridized carbons (Fsp3) is 0.500. The van der Waals surface area contributed by atoms with E-state index in [1.54, 1.807) is 13.8 Å². The van der Waals surface area contributed by atoms with Crippen LogP contribution in [0.15, 0.2) is 12.2 Å². The zero-order valence-electron chi connectivity index (χ0n) is 9.82. The fourth-order valence-corrected chi connectivity index (χ4v) is 0.771. The Morgan fingerprint density at radius 3 is 2.33 bits per heavy atom. The summed E-state index contributed by atoms with van der Waals surface area (Å²) in [6, 6.07) is 0. The summed E-state index contributed by atoms with van der Waals surface area (Å²) < 4.78 is 8.95. The first-order chi connectivity index (χ1) is 7.10. The first-order valence-electron chi connectivity index (χ1n) is 4.63. The average Bonchev–Trinajstić information content (AvgIpc) is 2.15. The van der Waals surface area contributed by atoms with Gasteiger partial charge in [-0.2, -0.15) is 0 Å². The topological polar surface area (TPSA) is 69.7 Å². The molecule has 84 valence electrons. The molecule has 0 amide bonds. The molecule has 0 saturated carbocycles. The SMILES string of the molecule is CC=CC(=O)OC(=O)CCC(=O)OCC.[H+]. The molecule has 0 N–H and O–H groups in total. The van der Waals surface area contributed by atoms with Gasteiger partial charge in [-0.3, -0.25) is 9.59 Å². The Labute approximate surface area is 89.5 Å². The molecule has 0 atom stereocenters. The highest BCUT2D eigenvalue weighted by Gasteiger charge is 2.10. The van der Waals surface area contributed by atoms with E-state index in [2.05, 4.69) is 9.47 Å². The van der Waals surface area contributed by atoms with Crippen LogP contribution in [0.1, 0.15) is 28.1 Å². The maximum absolute atomic E-state index is 11.0. The normalized spacial score (nSPS) is 10.0. The van der Waals surface area contributed by atoms with E-state index in [0.29, 0.717) is 0 Å². The summed E-state index contributed by atoms with van der Waals surface area (Å²) in [5.41, 5.74) is 0. The highest BCUT2D eigenvalue weighted by atomic mass is 16.6. The average molecular weight is 215 g/mol. The van der Waals surface area contributed by atoms with Gasteiger partial charge in [-0.25, -0.2) is 4.79 Å². The van der Waals surface area contributed by atoms with Crippen molar-refractivity contribution in [1.29, 1.82) is 0 Å². The second kappa shape index (κ2) is 7.73. The molecule has 0 spiro atoms. The molecule has 0 heterocycles. The van der Waals surface area contributed by atoms with Gasteiger partial charge in [-0.15, -0.1) is 0 Å². The smallest absolute Gasteiger partial charge is 0.466 e. The number of esters is 3. The van der Waals surface area contributed by atoms with Gasteiger partial charge in [0.15, 0.2) is 0 Å². The molecule has 0 unspecified atom stereocenters. The molecule has 5 heteroatoms. The van der Waals surface area contributed by atoms with Gasteiger partial charge in [-0.1, -0.05) is 6.08 Å². The van der Waals surface area contributed by atoms with Crippen LogP contribution in [0.4, 0.5) is 0 Å². The highest BCUT2D eigenvalue weighted by Crippen LogP contribution is 1.96. The van der Waals surface area contributed by atoms with Crippen molar-refractivity contribution in [3.8, 4) is 0 Å². The molecule has 0 aliphatic heterocycles. The number of carbonyl (C=O) groups is 3. The van der Waals surface area contributed by atoms with E-state index in [0.717, 1.165) is 6.08 Å². The lowest BCUT2D eigenvalue weighted by Crippen LogP contribution is -2.13. The third kappa shape index (κ3) is 7.42. The van der Waals surface area contributed by atoms with Crippen LogP contribution in [-0.2, 0) is 23.9 Å². The zero-order chi connectivity index (χ0) is 11.7. The van der Waals surface area contributed by atoms with Crippen molar-refractivity contribution in [3.05, 3.63) is 12.2 Å². The molecule has 0 rings (SSSR count). The molecule has 15 heavy (non-hydrogen) atoms. The summed E-state index contributed by atoms with van der Waals surface area (Å²) in [4.78, 5) is 32.6. The Morgan fingerprint density at radius 1 is 1.20 bits per heavy atom. The van der Waals surface area contributed by atoms with Crippen molar-refractivity contribution >= 4 is 17.9 Å². The Bertz CT molecular complexity index is 272. The van der Waals surface area contributed by atoms with Crippen molar-refractivity contribution in [2.45, 2.75) is 26.7 Å². The second-order valence-corrected chi connectivity index (χ2v) is 2.60. The molecular weight excluding hydrogens is 200 g/mol. The van der Waals surface area contributed by atoms with Crippen molar-refractivity contribution in [2.24, 2.45) is 0 Å². The predicted octanol–water partition coefficient (Wildman–Crippen LogP) is 1.09. The maximum atomic E-state index is 11.0. The van der Waals surface area contributed by atoms with Crippen molar-refractivity contribution in [3.63, 3.8) is 0 Å². The van der Waals surface area contributed by atoms with Crippen LogP contribution in [0.25, 0.3) is 0 Å². The third-order valence-corrected chi connectivity index (χ3v) is 1.36. The van der Waals surface area contributed by atoms with E-state index < -0.39 is 17.9 Å². The Balaban J connectivity index is 0. The number of ether oxygens (including phenoxy) is 2. The molecule has 0 saturated heterocycles. The Hall–Kier alpha value is -1.65. The zero-order valence-corrected chi connectivity index (χ0v) is 8.82. The lowest BCUT2D eigenvalue weighted by Gasteiger charge is -2.00. The first-order valence-corrected chi connectivity index (χ1v) is 4.63. The van der Waals surface area contributed by atoms with E-state index in [4.69, 9.17) is 0 Å². The minimum atomic E-state index is -0.730. The molecular formula is C10H15O5+. The lowest BCUT2D eigenvalue weighted by molar-refractivity contribution is -0.158. The van der Waals surface area contributed by atoms with Crippen LogP contribution in [0.2, 0.25) is 0 Å². The van der Waals surface area contributed by atoms with Gasteiger partial charge in [0, 0.05) is 6.08 Å². The molecule has 0 aromatic heterocycles. The summed E-state index contributed by atoms with van der Waals surface area (Å²) in [5.74, 6) is -1.94. The second-order valence-electron chi connectivity index (χ2n) is 2.60. The summed E-state index contributed by atoms with van der Waals surface area (Å²) in [5, 5.41) is 0. The minimum Gasteiger partial charge on any atom is -0.466 e. The summed E-state index contributed by atoms with van der Waals surface area (Å²) >= 11 is 0. The van der Waals surface area contributed by atoms with Crippen molar-refractivity contribution in [2.75, 3.05) is 6.61 Å². The molecule has 0 aromatic rings. The lowest BCUT2D eigenvalue weighted by atomic mass is 10.3. The van der Waals surface area contributed by atoms with Crippen LogP contribution >= 0.6 is 0 Å². The van der Waals surface area contributed by atoms with Crippen LogP contribution in [0.3, 0.4) is 0 Å². The summed E-state index contributed by atoms with van der Waals surface area (Å²) in [7, 11) is 0.